The Morgan fingerprint density at radius 1 is 1.30 bits per heavy atom. The van der Waals surface area contributed by atoms with Crippen molar-refractivity contribution in [3.63, 3.8) is 0 Å². The molecule has 0 spiro atoms. The molecule has 1 nitrogen and oxygen atoms in total. The molecular formula is C8H11BrO. The molecule has 0 amide bonds. The molecule has 2 fully saturated rings. The van der Waals surface area contributed by atoms with Gasteiger partial charge in [-0.3, -0.25) is 4.79 Å². The number of alkyl halides is 1. The first kappa shape index (κ1) is 6.84. The SMILES string of the molecule is O=C(CBr)C1CC2CC2C1. The lowest BCUT2D eigenvalue weighted by atomic mass is 10.00. The van der Waals surface area contributed by atoms with Gasteiger partial charge < -0.3 is 0 Å². The first-order valence-corrected chi connectivity index (χ1v) is 5.02. The summed E-state index contributed by atoms with van der Waals surface area (Å²) >= 11 is 3.21. The third-order valence-corrected chi connectivity index (χ3v) is 3.38. The summed E-state index contributed by atoms with van der Waals surface area (Å²) in [7, 11) is 0. The highest BCUT2D eigenvalue weighted by Gasteiger charge is 2.47. The lowest BCUT2D eigenvalue weighted by Gasteiger charge is -2.06. The molecule has 56 valence electrons. The van der Waals surface area contributed by atoms with E-state index in [2.05, 4.69) is 15.9 Å². The Balaban J connectivity index is 1.90. The van der Waals surface area contributed by atoms with Gasteiger partial charge in [-0.15, -0.1) is 0 Å². The van der Waals surface area contributed by atoms with Gasteiger partial charge in [0.1, 0.15) is 5.78 Å². The van der Waals surface area contributed by atoms with Crippen molar-refractivity contribution in [2.24, 2.45) is 17.8 Å². The first-order valence-electron chi connectivity index (χ1n) is 3.90. The predicted octanol–water partition coefficient (Wildman–Crippen LogP) is 2.00. The van der Waals surface area contributed by atoms with Crippen molar-refractivity contribution in [2.45, 2.75) is 19.3 Å². The third kappa shape index (κ3) is 1.03. The third-order valence-electron chi connectivity index (χ3n) is 2.83. The molecule has 2 unspecified atom stereocenters. The van der Waals surface area contributed by atoms with Gasteiger partial charge in [0, 0.05) is 5.92 Å². The predicted molar refractivity (Wildman–Crippen MR) is 43.1 cm³/mol. The number of ketones is 1. The smallest absolute Gasteiger partial charge is 0.146 e. The number of carbonyl (C=O) groups excluding carboxylic acids is 1. The van der Waals surface area contributed by atoms with Gasteiger partial charge in [-0.1, -0.05) is 15.9 Å². The van der Waals surface area contributed by atoms with Crippen LogP contribution in [0.1, 0.15) is 19.3 Å². The molecule has 0 radical (unpaired) electrons. The highest BCUT2D eigenvalue weighted by Crippen LogP contribution is 2.54. The Morgan fingerprint density at radius 2 is 1.90 bits per heavy atom. The summed E-state index contributed by atoms with van der Waals surface area (Å²) in [5.41, 5.74) is 0. The van der Waals surface area contributed by atoms with Gasteiger partial charge in [0.15, 0.2) is 0 Å². The highest BCUT2D eigenvalue weighted by atomic mass is 79.9. The van der Waals surface area contributed by atoms with E-state index >= 15 is 0 Å². The second-order valence-corrected chi connectivity index (χ2v) is 4.08. The second-order valence-electron chi connectivity index (χ2n) is 3.52. The van der Waals surface area contributed by atoms with Crippen molar-refractivity contribution in [3.8, 4) is 0 Å². The van der Waals surface area contributed by atoms with Crippen molar-refractivity contribution in [1.82, 2.24) is 0 Å². The van der Waals surface area contributed by atoms with E-state index in [0.717, 1.165) is 11.8 Å². The summed E-state index contributed by atoms with van der Waals surface area (Å²) in [5, 5.41) is 0.567. The maximum atomic E-state index is 11.1. The van der Waals surface area contributed by atoms with Crippen LogP contribution in [0, 0.1) is 17.8 Å². The molecule has 2 rings (SSSR count). The van der Waals surface area contributed by atoms with Crippen molar-refractivity contribution in [3.05, 3.63) is 0 Å². The molecule has 2 heteroatoms. The van der Waals surface area contributed by atoms with Gasteiger partial charge in [0.05, 0.1) is 5.33 Å². The Hall–Kier alpha value is 0.150. The summed E-state index contributed by atoms with van der Waals surface area (Å²) in [5.74, 6) is 2.72. The lowest BCUT2D eigenvalue weighted by molar-refractivity contribution is -0.120. The lowest BCUT2D eigenvalue weighted by Crippen LogP contribution is -2.13. The summed E-state index contributed by atoms with van der Waals surface area (Å²) < 4.78 is 0. The van der Waals surface area contributed by atoms with Crippen LogP contribution < -0.4 is 0 Å². The van der Waals surface area contributed by atoms with E-state index < -0.39 is 0 Å². The molecule has 0 aromatic carbocycles. The average molecular weight is 203 g/mol. The van der Waals surface area contributed by atoms with Gasteiger partial charge in [-0.2, -0.15) is 0 Å². The van der Waals surface area contributed by atoms with E-state index in [4.69, 9.17) is 0 Å². The molecule has 2 saturated carbocycles. The van der Waals surface area contributed by atoms with E-state index in [0.29, 0.717) is 17.0 Å². The minimum Gasteiger partial charge on any atom is -0.298 e. The first-order chi connectivity index (χ1) is 4.81. The molecule has 2 atom stereocenters. The second kappa shape index (κ2) is 2.33. The zero-order valence-electron chi connectivity index (χ0n) is 5.85. The standard InChI is InChI=1S/C8H11BrO/c9-4-8(10)7-2-5-1-6(5)3-7/h5-7H,1-4H2. The van der Waals surface area contributed by atoms with Crippen LogP contribution in [0.15, 0.2) is 0 Å². The van der Waals surface area contributed by atoms with Crippen LogP contribution in [0.5, 0.6) is 0 Å². The number of Topliss-reactive ketones (excluding diaryl/α,β-unsaturated/α-hetero) is 1. The van der Waals surface area contributed by atoms with E-state index in [1.54, 1.807) is 0 Å². The van der Waals surface area contributed by atoms with Crippen molar-refractivity contribution in [2.75, 3.05) is 5.33 Å². The Bertz CT molecular complexity index is 157. The van der Waals surface area contributed by atoms with Gasteiger partial charge in [-0.25, -0.2) is 0 Å². The van der Waals surface area contributed by atoms with Crippen LogP contribution in [0.25, 0.3) is 0 Å². The molecule has 0 aromatic heterocycles. The molecule has 2 aliphatic carbocycles. The molecule has 0 aromatic rings. The average Bonchev–Trinajstić information content (AvgIpc) is 2.57. The number of hydrogen-bond acceptors (Lipinski definition) is 1. The molecular weight excluding hydrogens is 192 g/mol. The van der Waals surface area contributed by atoms with Crippen LogP contribution in [-0.4, -0.2) is 11.1 Å². The van der Waals surface area contributed by atoms with E-state index in [1.165, 1.54) is 19.3 Å². The topological polar surface area (TPSA) is 17.1 Å². The van der Waals surface area contributed by atoms with Crippen LogP contribution in [0.3, 0.4) is 0 Å². The molecule has 0 aliphatic heterocycles. The van der Waals surface area contributed by atoms with Gasteiger partial charge in [-0.05, 0) is 31.1 Å². The molecule has 0 N–H and O–H groups in total. The minimum atomic E-state index is 0.420. The Kier molecular flexibility index (Phi) is 1.59. The summed E-state index contributed by atoms with van der Waals surface area (Å²) in [6.07, 6.45) is 3.79. The number of halogens is 1. The Labute approximate surface area is 69.3 Å². The molecule has 0 heterocycles. The summed E-state index contributed by atoms with van der Waals surface area (Å²) in [6.45, 7) is 0. The van der Waals surface area contributed by atoms with Gasteiger partial charge in [0.2, 0.25) is 0 Å². The molecule has 0 saturated heterocycles. The number of carbonyl (C=O) groups is 1. The maximum absolute atomic E-state index is 11.1. The van der Waals surface area contributed by atoms with E-state index in [9.17, 15) is 4.79 Å². The highest BCUT2D eigenvalue weighted by molar-refractivity contribution is 9.09. The summed E-state index contributed by atoms with van der Waals surface area (Å²) in [6, 6.07) is 0. The number of rotatable bonds is 2. The minimum absolute atomic E-state index is 0.420. The zero-order valence-corrected chi connectivity index (χ0v) is 7.43. The van der Waals surface area contributed by atoms with Crippen LogP contribution >= 0.6 is 15.9 Å². The molecule has 10 heavy (non-hydrogen) atoms. The van der Waals surface area contributed by atoms with E-state index in [1.807, 2.05) is 0 Å². The fourth-order valence-corrected chi connectivity index (χ4v) is 2.54. The van der Waals surface area contributed by atoms with Gasteiger partial charge >= 0.3 is 0 Å². The Morgan fingerprint density at radius 3 is 2.40 bits per heavy atom. The van der Waals surface area contributed by atoms with Crippen molar-refractivity contribution < 1.29 is 4.79 Å². The van der Waals surface area contributed by atoms with Crippen LogP contribution in [0.2, 0.25) is 0 Å². The number of hydrogen-bond donors (Lipinski definition) is 0. The summed E-state index contributed by atoms with van der Waals surface area (Å²) in [4.78, 5) is 11.1. The van der Waals surface area contributed by atoms with Crippen LogP contribution in [-0.2, 0) is 4.79 Å². The normalized spacial score (nSPS) is 43.1. The van der Waals surface area contributed by atoms with Gasteiger partial charge in [0.25, 0.3) is 0 Å². The molecule has 0 bridgehead atoms. The fourth-order valence-electron chi connectivity index (χ4n) is 2.09. The quantitative estimate of drug-likeness (QED) is 0.627. The van der Waals surface area contributed by atoms with E-state index in [-0.39, 0.29) is 0 Å². The fraction of sp³-hybridized carbons (Fsp3) is 0.875. The maximum Gasteiger partial charge on any atom is 0.146 e. The molecule has 2 aliphatic rings. The van der Waals surface area contributed by atoms with Crippen molar-refractivity contribution in [1.29, 1.82) is 0 Å². The monoisotopic (exact) mass is 202 g/mol. The zero-order chi connectivity index (χ0) is 7.14. The van der Waals surface area contributed by atoms with Crippen LogP contribution in [0.4, 0.5) is 0 Å². The largest absolute Gasteiger partial charge is 0.298 e. The van der Waals surface area contributed by atoms with Crippen molar-refractivity contribution >= 4 is 21.7 Å². The number of fused-ring (bicyclic) bond motifs is 1.